The van der Waals surface area contributed by atoms with Crippen LogP contribution in [0.3, 0.4) is 0 Å². The van der Waals surface area contributed by atoms with Crippen LogP contribution in [0.4, 0.5) is 23.1 Å². The van der Waals surface area contributed by atoms with E-state index in [-0.39, 0.29) is 5.95 Å². The summed E-state index contributed by atoms with van der Waals surface area (Å²) in [6, 6.07) is 3.88. The lowest BCUT2D eigenvalue weighted by atomic mass is 10.2. The summed E-state index contributed by atoms with van der Waals surface area (Å²) >= 11 is 0. The van der Waals surface area contributed by atoms with Crippen molar-refractivity contribution in [2.45, 2.75) is 0 Å². The molecule has 116 valence electrons. The summed E-state index contributed by atoms with van der Waals surface area (Å²) in [5.74, 6) is 1.24. The number of pyridine rings is 1. The van der Waals surface area contributed by atoms with E-state index >= 15 is 0 Å². The largest absolute Gasteiger partial charge is 0.481 e. The number of nitrogens with zero attached hydrogens (tertiary/aromatic N) is 5. The van der Waals surface area contributed by atoms with Gasteiger partial charge in [-0.15, -0.1) is 0 Å². The highest BCUT2D eigenvalue weighted by molar-refractivity contribution is 5.64. The Labute approximate surface area is 128 Å². The van der Waals surface area contributed by atoms with Gasteiger partial charge in [-0.2, -0.15) is 4.98 Å². The summed E-state index contributed by atoms with van der Waals surface area (Å²) < 4.78 is 5.08. The Morgan fingerprint density at radius 3 is 2.32 bits per heavy atom. The van der Waals surface area contributed by atoms with E-state index in [9.17, 15) is 0 Å². The van der Waals surface area contributed by atoms with Gasteiger partial charge in [0.15, 0.2) is 5.82 Å². The Morgan fingerprint density at radius 1 is 1.00 bits per heavy atom. The van der Waals surface area contributed by atoms with Crippen LogP contribution in [0.2, 0.25) is 0 Å². The van der Waals surface area contributed by atoms with Crippen molar-refractivity contribution in [3.63, 3.8) is 0 Å². The number of rotatable bonds is 3. The highest BCUT2D eigenvalue weighted by Crippen LogP contribution is 2.24. The fourth-order valence-corrected chi connectivity index (χ4v) is 2.53. The zero-order chi connectivity index (χ0) is 15.5. The second-order valence-electron chi connectivity index (χ2n) is 5.03. The fraction of sp³-hybridized carbons (Fsp3) is 0.357. The molecule has 1 aliphatic heterocycles. The number of aromatic nitrogens is 3. The standard InChI is InChI=1S/C14H19N7O/c1-22-12-3-2-10(8-17-12)20-4-6-21(7-5-20)11-9-18-14(16)19-13(11)15/h2-3,8-9H,4-7H2,1H3,(H4,15,16,18,19). The molecule has 8 heteroatoms. The van der Waals surface area contributed by atoms with Crippen LogP contribution >= 0.6 is 0 Å². The third-order valence-corrected chi connectivity index (χ3v) is 3.73. The molecule has 1 saturated heterocycles. The van der Waals surface area contributed by atoms with E-state index in [4.69, 9.17) is 16.2 Å². The van der Waals surface area contributed by atoms with E-state index in [0.29, 0.717) is 11.7 Å². The predicted molar refractivity (Wildman–Crippen MR) is 86.1 cm³/mol. The van der Waals surface area contributed by atoms with Crippen molar-refractivity contribution in [3.8, 4) is 5.88 Å². The first kappa shape index (κ1) is 14.2. The molecule has 0 spiro atoms. The highest BCUT2D eigenvalue weighted by Gasteiger charge is 2.20. The molecule has 2 aromatic heterocycles. The molecular formula is C14H19N7O. The molecule has 0 bridgehead atoms. The van der Waals surface area contributed by atoms with Gasteiger partial charge in [-0.25, -0.2) is 9.97 Å². The van der Waals surface area contributed by atoms with E-state index in [0.717, 1.165) is 37.6 Å². The van der Waals surface area contributed by atoms with Gasteiger partial charge < -0.3 is 26.0 Å². The van der Waals surface area contributed by atoms with Gasteiger partial charge in [0.25, 0.3) is 0 Å². The van der Waals surface area contributed by atoms with Crippen molar-refractivity contribution in [2.24, 2.45) is 0 Å². The quantitative estimate of drug-likeness (QED) is 0.837. The Kier molecular flexibility index (Phi) is 3.82. The van der Waals surface area contributed by atoms with Crippen molar-refractivity contribution in [2.75, 3.05) is 54.6 Å². The zero-order valence-electron chi connectivity index (χ0n) is 12.4. The third-order valence-electron chi connectivity index (χ3n) is 3.73. The van der Waals surface area contributed by atoms with E-state index in [1.54, 1.807) is 13.3 Å². The number of hydrogen-bond acceptors (Lipinski definition) is 8. The summed E-state index contributed by atoms with van der Waals surface area (Å²) in [5.41, 5.74) is 13.4. The number of hydrogen-bond donors (Lipinski definition) is 2. The van der Waals surface area contributed by atoms with Crippen LogP contribution in [0.1, 0.15) is 0 Å². The van der Waals surface area contributed by atoms with Crippen LogP contribution in [0.15, 0.2) is 24.5 Å². The molecule has 3 rings (SSSR count). The van der Waals surface area contributed by atoms with Crippen molar-refractivity contribution in [1.82, 2.24) is 15.0 Å². The minimum Gasteiger partial charge on any atom is -0.481 e. The summed E-state index contributed by atoms with van der Waals surface area (Å²) in [4.78, 5) is 16.7. The molecule has 22 heavy (non-hydrogen) atoms. The number of ether oxygens (including phenoxy) is 1. The Balaban J connectivity index is 1.66. The molecule has 0 saturated carbocycles. The molecular weight excluding hydrogens is 282 g/mol. The maximum Gasteiger partial charge on any atom is 0.222 e. The fourth-order valence-electron chi connectivity index (χ4n) is 2.53. The first-order chi connectivity index (χ1) is 10.7. The average molecular weight is 301 g/mol. The molecule has 0 aliphatic carbocycles. The first-order valence-electron chi connectivity index (χ1n) is 7.05. The SMILES string of the molecule is COc1ccc(N2CCN(c3cnc(N)nc3N)CC2)cn1. The minimum atomic E-state index is 0.198. The van der Waals surface area contributed by atoms with E-state index < -0.39 is 0 Å². The van der Waals surface area contributed by atoms with Crippen molar-refractivity contribution < 1.29 is 4.74 Å². The van der Waals surface area contributed by atoms with Crippen LogP contribution < -0.4 is 26.0 Å². The smallest absolute Gasteiger partial charge is 0.222 e. The molecule has 0 unspecified atom stereocenters. The van der Waals surface area contributed by atoms with Gasteiger partial charge in [0, 0.05) is 32.2 Å². The molecule has 2 aromatic rings. The molecule has 3 heterocycles. The van der Waals surface area contributed by atoms with Crippen molar-refractivity contribution in [3.05, 3.63) is 24.5 Å². The van der Waals surface area contributed by atoms with Crippen LogP contribution in [0.25, 0.3) is 0 Å². The lowest BCUT2D eigenvalue weighted by Gasteiger charge is -2.37. The molecule has 0 atom stereocenters. The minimum absolute atomic E-state index is 0.198. The van der Waals surface area contributed by atoms with Crippen molar-refractivity contribution >= 4 is 23.1 Å². The van der Waals surface area contributed by atoms with Crippen LogP contribution in [-0.2, 0) is 0 Å². The first-order valence-corrected chi connectivity index (χ1v) is 7.05. The molecule has 0 amide bonds. The number of anilines is 4. The van der Waals surface area contributed by atoms with Gasteiger partial charge in [0.2, 0.25) is 11.8 Å². The molecule has 1 fully saturated rings. The maximum atomic E-state index is 5.92. The van der Waals surface area contributed by atoms with Gasteiger partial charge in [-0.3, -0.25) is 0 Å². The highest BCUT2D eigenvalue weighted by atomic mass is 16.5. The third kappa shape index (κ3) is 2.80. The molecule has 4 N–H and O–H groups in total. The zero-order valence-corrected chi connectivity index (χ0v) is 12.4. The monoisotopic (exact) mass is 301 g/mol. The average Bonchev–Trinajstić information content (AvgIpc) is 2.55. The molecule has 8 nitrogen and oxygen atoms in total. The van der Waals surface area contributed by atoms with Crippen molar-refractivity contribution in [1.29, 1.82) is 0 Å². The van der Waals surface area contributed by atoms with E-state index in [1.165, 1.54) is 0 Å². The summed E-state index contributed by atoms with van der Waals surface area (Å²) in [6.45, 7) is 3.42. The van der Waals surface area contributed by atoms with Gasteiger partial charge in [-0.05, 0) is 6.07 Å². The van der Waals surface area contributed by atoms with Gasteiger partial charge >= 0.3 is 0 Å². The second kappa shape index (κ2) is 5.92. The molecule has 0 aromatic carbocycles. The Hall–Kier alpha value is -2.77. The topological polar surface area (TPSA) is 106 Å². The Bertz CT molecular complexity index is 638. The van der Waals surface area contributed by atoms with E-state index in [1.807, 2.05) is 18.3 Å². The van der Waals surface area contributed by atoms with Crippen LogP contribution in [0.5, 0.6) is 5.88 Å². The normalized spacial score (nSPS) is 15.0. The van der Waals surface area contributed by atoms with Crippen LogP contribution in [0, 0.1) is 0 Å². The summed E-state index contributed by atoms with van der Waals surface area (Å²) in [5, 5.41) is 0. The molecule has 1 aliphatic rings. The lowest BCUT2D eigenvalue weighted by Crippen LogP contribution is -2.46. The molecule has 0 radical (unpaired) electrons. The van der Waals surface area contributed by atoms with Gasteiger partial charge in [-0.1, -0.05) is 0 Å². The predicted octanol–water partition coefficient (Wildman–Crippen LogP) is 0.371. The van der Waals surface area contributed by atoms with Gasteiger partial charge in [0.05, 0.1) is 30.9 Å². The van der Waals surface area contributed by atoms with Crippen LogP contribution in [-0.4, -0.2) is 48.2 Å². The number of nitrogens with two attached hydrogens (primary N) is 2. The maximum absolute atomic E-state index is 5.92. The Morgan fingerprint density at radius 2 is 1.73 bits per heavy atom. The lowest BCUT2D eigenvalue weighted by molar-refractivity contribution is 0.398. The summed E-state index contributed by atoms with van der Waals surface area (Å²) in [6.07, 6.45) is 3.51. The summed E-state index contributed by atoms with van der Waals surface area (Å²) in [7, 11) is 1.61. The number of methoxy groups -OCH3 is 1. The second-order valence-corrected chi connectivity index (χ2v) is 5.03. The van der Waals surface area contributed by atoms with E-state index in [2.05, 4.69) is 24.8 Å². The van der Waals surface area contributed by atoms with Gasteiger partial charge in [0.1, 0.15) is 0 Å². The number of nitrogen functional groups attached to an aromatic ring is 2. The number of piperazine rings is 1.